The Balaban J connectivity index is 2.01. The van der Waals surface area contributed by atoms with Gasteiger partial charge in [0.1, 0.15) is 0 Å². The van der Waals surface area contributed by atoms with E-state index in [2.05, 4.69) is 45.0 Å². The first-order chi connectivity index (χ1) is 7.89. The van der Waals surface area contributed by atoms with E-state index in [1.54, 1.807) is 0 Å². The lowest BCUT2D eigenvalue weighted by molar-refractivity contribution is -0.0251. The Kier molecular flexibility index (Phi) is 3.31. The van der Waals surface area contributed by atoms with E-state index >= 15 is 0 Å². The lowest BCUT2D eigenvalue weighted by atomic mass is 9.69. The van der Waals surface area contributed by atoms with E-state index in [4.69, 9.17) is 0 Å². The SMILES string of the molecule is Cc1ccc(CC2(O)CCC(C)(C)CC2)cc1. The predicted molar refractivity (Wildman–Crippen MR) is 72.1 cm³/mol. The van der Waals surface area contributed by atoms with Gasteiger partial charge in [-0.3, -0.25) is 0 Å². The Morgan fingerprint density at radius 3 is 2.06 bits per heavy atom. The van der Waals surface area contributed by atoms with E-state index in [1.165, 1.54) is 11.1 Å². The van der Waals surface area contributed by atoms with Crippen LogP contribution >= 0.6 is 0 Å². The molecule has 1 aromatic carbocycles. The Morgan fingerprint density at radius 2 is 1.53 bits per heavy atom. The Bertz CT molecular complexity index is 365. The molecule has 1 N–H and O–H groups in total. The van der Waals surface area contributed by atoms with E-state index in [1.807, 2.05) is 0 Å². The summed E-state index contributed by atoms with van der Waals surface area (Å²) >= 11 is 0. The van der Waals surface area contributed by atoms with Crippen LogP contribution in [0.3, 0.4) is 0 Å². The number of benzene rings is 1. The number of aliphatic hydroxyl groups is 1. The fourth-order valence-corrected chi connectivity index (χ4v) is 2.65. The van der Waals surface area contributed by atoms with E-state index < -0.39 is 5.60 Å². The molecule has 0 aromatic heterocycles. The topological polar surface area (TPSA) is 20.2 Å². The number of aryl methyl sites for hydroxylation is 1. The zero-order valence-corrected chi connectivity index (χ0v) is 11.3. The molecule has 0 saturated heterocycles. The molecule has 1 aliphatic rings. The van der Waals surface area contributed by atoms with E-state index in [0.717, 1.165) is 32.1 Å². The van der Waals surface area contributed by atoms with Gasteiger partial charge in [0.05, 0.1) is 5.60 Å². The molecule has 1 heteroatoms. The molecule has 0 amide bonds. The minimum atomic E-state index is -0.467. The zero-order valence-electron chi connectivity index (χ0n) is 11.3. The average Bonchev–Trinajstić information content (AvgIpc) is 2.27. The van der Waals surface area contributed by atoms with Gasteiger partial charge in [0.2, 0.25) is 0 Å². The van der Waals surface area contributed by atoms with Crippen molar-refractivity contribution in [3.8, 4) is 0 Å². The van der Waals surface area contributed by atoms with Gasteiger partial charge in [-0.05, 0) is 43.6 Å². The minimum absolute atomic E-state index is 0.416. The summed E-state index contributed by atoms with van der Waals surface area (Å²) in [5.74, 6) is 0. The molecule has 17 heavy (non-hydrogen) atoms. The summed E-state index contributed by atoms with van der Waals surface area (Å²) in [6.45, 7) is 6.71. The van der Waals surface area contributed by atoms with Crippen molar-refractivity contribution in [3.05, 3.63) is 35.4 Å². The van der Waals surface area contributed by atoms with Gasteiger partial charge >= 0.3 is 0 Å². The molecule has 0 bridgehead atoms. The lowest BCUT2D eigenvalue weighted by Gasteiger charge is -2.40. The highest BCUT2D eigenvalue weighted by Gasteiger charge is 2.36. The van der Waals surface area contributed by atoms with Crippen molar-refractivity contribution in [1.82, 2.24) is 0 Å². The monoisotopic (exact) mass is 232 g/mol. The Morgan fingerprint density at radius 1 is 1.00 bits per heavy atom. The first-order valence-corrected chi connectivity index (χ1v) is 6.67. The molecule has 0 aliphatic heterocycles. The predicted octanol–water partition coefficient (Wildman–Crippen LogP) is 3.87. The van der Waals surface area contributed by atoms with Crippen molar-refractivity contribution in [2.45, 2.75) is 58.5 Å². The number of hydrogen-bond acceptors (Lipinski definition) is 1. The molecule has 1 saturated carbocycles. The highest BCUT2D eigenvalue weighted by Crippen LogP contribution is 2.41. The molecule has 1 nitrogen and oxygen atoms in total. The van der Waals surface area contributed by atoms with Crippen LogP contribution in [0.5, 0.6) is 0 Å². The summed E-state index contributed by atoms with van der Waals surface area (Å²) in [6, 6.07) is 8.55. The summed E-state index contributed by atoms with van der Waals surface area (Å²) in [4.78, 5) is 0. The van der Waals surface area contributed by atoms with Crippen LogP contribution < -0.4 is 0 Å². The summed E-state index contributed by atoms with van der Waals surface area (Å²) in [5, 5.41) is 10.6. The third-order valence-corrected chi connectivity index (χ3v) is 4.19. The summed E-state index contributed by atoms with van der Waals surface area (Å²) in [5.41, 5.74) is 2.49. The lowest BCUT2D eigenvalue weighted by Crippen LogP contribution is -2.38. The maximum atomic E-state index is 10.6. The van der Waals surface area contributed by atoms with Crippen LogP contribution in [0.1, 0.15) is 50.7 Å². The third kappa shape index (κ3) is 3.32. The number of hydrogen-bond donors (Lipinski definition) is 1. The van der Waals surface area contributed by atoms with Crippen molar-refractivity contribution in [2.75, 3.05) is 0 Å². The molecule has 94 valence electrons. The first-order valence-electron chi connectivity index (χ1n) is 6.67. The standard InChI is InChI=1S/C16H24O/c1-13-4-6-14(7-5-13)12-16(17)10-8-15(2,3)9-11-16/h4-7,17H,8-12H2,1-3H3. The molecule has 1 aromatic rings. The molecule has 0 spiro atoms. The second-order valence-electron chi connectivity index (χ2n) is 6.55. The average molecular weight is 232 g/mol. The van der Waals surface area contributed by atoms with Gasteiger partial charge in [-0.1, -0.05) is 43.7 Å². The summed E-state index contributed by atoms with van der Waals surface area (Å²) < 4.78 is 0. The van der Waals surface area contributed by atoms with Crippen LogP contribution in [0.2, 0.25) is 0 Å². The van der Waals surface area contributed by atoms with Crippen molar-refractivity contribution in [2.24, 2.45) is 5.41 Å². The van der Waals surface area contributed by atoms with Gasteiger partial charge in [-0.2, -0.15) is 0 Å². The van der Waals surface area contributed by atoms with Crippen LogP contribution in [0.4, 0.5) is 0 Å². The van der Waals surface area contributed by atoms with Gasteiger partial charge in [-0.15, -0.1) is 0 Å². The largest absolute Gasteiger partial charge is 0.390 e. The van der Waals surface area contributed by atoms with Crippen LogP contribution in [0.25, 0.3) is 0 Å². The maximum Gasteiger partial charge on any atom is 0.0688 e. The second kappa shape index (κ2) is 4.45. The van der Waals surface area contributed by atoms with E-state index in [-0.39, 0.29) is 0 Å². The maximum absolute atomic E-state index is 10.6. The molecule has 1 fully saturated rings. The van der Waals surface area contributed by atoms with Crippen LogP contribution in [0, 0.1) is 12.3 Å². The Labute approximate surface area is 105 Å². The second-order valence-corrected chi connectivity index (χ2v) is 6.55. The Hall–Kier alpha value is -0.820. The molecule has 1 aliphatic carbocycles. The van der Waals surface area contributed by atoms with Crippen molar-refractivity contribution < 1.29 is 5.11 Å². The van der Waals surface area contributed by atoms with Crippen LogP contribution in [-0.2, 0) is 6.42 Å². The third-order valence-electron chi connectivity index (χ3n) is 4.19. The molecule has 0 heterocycles. The fraction of sp³-hybridized carbons (Fsp3) is 0.625. The smallest absolute Gasteiger partial charge is 0.0688 e. The molecular weight excluding hydrogens is 208 g/mol. The van der Waals surface area contributed by atoms with Gasteiger partial charge in [-0.25, -0.2) is 0 Å². The van der Waals surface area contributed by atoms with Crippen molar-refractivity contribution in [1.29, 1.82) is 0 Å². The van der Waals surface area contributed by atoms with Crippen molar-refractivity contribution in [3.63, 3.8) is 0 Å². The highest BCUT2D eigenvalue weighted by molar-refractivity contribution is 5.23. The summed E-state index contributed by atoms with van der Waals surface area (Å²) in [6.07, 6.45) is 4.95. The minimum Gasteiger partial charge on any atom is -0.390 e. The molecule has 2 rings (SSSR count). The van der Waals surface area contributed by atoms with E-state index in [9.17, 15) is 5.11 Å². The zero-order chi connectivity index (χ0) is 12.5. The molecule has 0 atom stereocenters. The molecule has 0 unspecified atom stereocenters. The number of rotatable bonds is 2. The van der Waals surface area contributed by atoms with Crippen LogP contribution in [0.15, 0.2) is 24.3 Å². The van der Waals surface area contributed by atoms with Gasteiger partial charge in [0, 0.05) is 6.42 Å². The normalized spacial score (nSPS) is 22.4. The van der Waals surface area contributed by atoms with Gasteiger partial charge in [0.25, 0.3) is 0 Å². The summed E-state index contributed by atoms with van der Waals surface area (Å²) in [7, 11) is 0. The molecular formula is C16H24O. The highest BCUT2D eigenvalue weighted by atomic mass is 16.3. The van der Waals surface area contributed by atoms with Gasteiger partial charge < -0.3 is 5.11 Å². The molecule has 0 radical (unpaired) electrons. The van der Waals surface area contributed by atoms with E-state index in [0.29, 0.717) is 5.41 Å². The quantitative estimate of drug-likeness (QED) is 0.820. The van der Waals surface area contributed by atoms with Crippen LogP contribution in [-0.4, -0.2) is 10.7 Å². The van der Waals surface area contributed by atoms with Gasteiger partial charge in [0.15, 0.2) is 0 Å². The first kappa shape index (κ1) is 12.6. The van der Waals surface area contributed by atoms with Crippen molar-refractivity contribution >= 4 is 0 Å². The fourth-order valence-electron chi connectivity index (χ4n) is 2.65.